The van der Waals surface area contributed by atoms with Gasteiger partial charge >= 0.3 is 5.97 Å². The Balaban J connectivity index is 1.79. The van der Waals surface area contributed by atoms with Gasteiger partial charge in [0, 0.05) is 37.0 Å². The predicted octanol–water partition coefficient (Wildman–Crippen LogP) is 3.49. The molecule has 1 heterocycles. The number of aromatic nitrogens is 1. The maximum Gasteiger partial charge on any atom is 0.328 e. The van der Waals surface area contributed by atoms with Crippen LogP contribution in [0.3, 0.4) is 0 Å². The average molecular weight is 378 g/mol. The van der Waals surface area contributed by atoms with Gasteiger partial charge in [-0.3, -0.25) is 4.79 Å². The third kappa shape index (κ3) is 4.80. The van der Waals surface area contributed by atoms with E-state index >= 15 is 0 Å². The van der Waals surface area contributed by atoms with E-state index in [2.05, 4.69) is 52.5 Å². The van der Waals surface area contributed by atoms with Gasteiger partial charge in [0.25, 0.3) is 0 Å². The molecule has 0 fully saturated rings. The largest absolute Gasteiger partial charge is 0.467 e. The summed E-state index contributed by atoms with van der Waals surface area (Å²) in [6.07, 6.45) is 4.53. The summed E-state index contributed by atoms with van der Waals surface area (Å²) in [6.45, 7) is 2.29. The Bertz CT molecular complexity index is 947. The van der Waals surface area contributed by atoms with Crippen LogP contribution in [0.15, 0.2) is 60.8 Å². The summed E-state index contributed by atoms with van der Waals surface area (Å²) in [5, 5.41) is 3.79. The number of ether oxygens (including phenoxy) is 1. The summed E-state index contributed by atoms with van der Waals surface area (Å²) in [7, 11) is 1.34. The number of carbonyl (C=O) groups excluding carboxylic acids is 2. The molecule has 1 atom stereocenters. The molecule has 0 bridgehead atoms. The summed E-state index contributed by atoms with van der Waals surface area (Å²) in [6, 6.07) is 17.9. The molecule has 3 aromatic rings. The van der Waals surface area contributed by atoms with Crippen LogP contribution < -0.4 is 5.32 Å². The number of esters is 1. The van der Waals surface area contributed by atoms with E-state index in [1.165, 1.54) is 19.6 Å². The van der Waals surface area contributed by atoms with Crippen molar-refractivity contribution in [3.63, 3.8) is 0 Å². The summed E-state index contributed by atoms with van der Waals surface area (Å²) >= 11 is 0. The maximum atomic E-state index is 12.1. The lowest BCUT2D eigenvalue weighted by atomic mass is 10.1. The Morgan fingerprint density at radius 3 is 2.50 bits per heavy atom. The fourth-order valence-electron chi connectivity index (χ4n) is 3.57. The molecule has 0 saturated heterocycles. The van der Waals surface area contributed by atoms with Crippen molar-refractivity contribution in [2.45, 2.75) is 38.8 Å². The molecule has 1 amide bonds. The van der Waals surface area contributed by atoms with Gasteiger partial charge in [0.05, 0.1) is 7.11 Å². The van der Waals surface area contributed by atoms with Crippen LogP contribution in [-0.2, 0) is 33.7 Å². The van der Waals surface area contributed by atoms with Crippen LogP contribution in [0.5, 0.6) is 0 Å². The van der Waals surface area contributed by atoms with Crippen LogP contribution in [0.1, 0.15) is 24.5 Å². The molecule has 0 aliphatic rings. The number of hydrogen-bond acceptors (Lipinski definition) is 3. The first-order chi connectivity index (χ1) is 13.6. The van der Waals surface area contributed by atoms with Gasteiger partial charge in [0.1, 0.15) is 6.04 Å². The number of fused-ring (bicyclic) bond motifs is 1. The van der Waals surface area contributed by atoms with E-state index in [-0.39, 0.29) is 5.91 Å². The van der Waals surface area contributed by atoms with Gasteiger partial charge < -0.3 is 14.6 Å². The SMILES string of the molecule is COC(=O)C(Cc1cn(CCCc2ccccc2)c2ccccc12)NC(C)=O. The number of hydrogen-bond donors (Lipinski definition) is 1. The molecule has 28 heavy (non-hydrogen) atoms. The van der Waals surface area contributed by atoms with Crippen molar-refractivity contribution in [1.29, 1.82) is 0 Å². The molecule has 1 unspecified atom stereocenters. The lowest BCUT2D eigenvalue weighted by Crippen LogP contribution is -2.41. The summed E-state index contributed by atoms with van der Waals surface area (Å²) < 4.78 is 7.09. The highest BCUT2D eigenvalue weighted by molar-refractivity contribution is 5.87. The molecule has 146 valence electrons. The van der Waals surface area contributed by atoms with Crippen molar-refractivity contribution < 1.29 is 14.3 Å². The van der Waals surface area contributed by atoms with Gasteiger partial charge in [-0.05, 0) is 30.0 Å². The normalized spacial score (nSPS) is 11.9. The molecular weight excluding hydrogens is 352 g/mol. The Labute approximate surface area is 165 Å². The number of aryl methyl sites for hydroxylation is 2. The van der Waals surface area contributed by atoms with E-state index in [0.29, 0.717) is 6.42 Å². The molecule has 0 radical (unpaired) electrons. The first-order valence-corrected chi connectivity index (χ1v) is 9.54. The van der Waals surface area contributed by atoms with E-state index in [1.54, 1.807) is 0 Å². The second-order valence-corrected chi connectivity index (χ2v) is 6.93. The van der Waals surface area contributed by atoms with Crippen LogP contribution in [0.25, 0.3) is 10.9 Å². The zero-order valence-corrected chi connectivity index (χ0v) is 16.4. The topological polar surface area (TPSA) is 60.3 Å². The maximum absolute atomic E-state index is 12.1. The average Bonchev–Trinajstić information content (AvgIpc) is 3.05. The fourth-order valence-corrected chi connectivity index (χ4v) is 3.57. The van der Waals surface area contributed by atoms with Crippen LogP contribution in [0.2, 0.25) is 0 Å². The minimum atomic E-state index is -0.689. The van der Waals surface area contributed by atoms with E-state index in [4.69, 9.17) is 4.74 Å². The molecule has 0 aliphatic carbocycles. The standard InChI is InChI=1S/C23H26N2O3/c1-17(26)24-21(23(27)28-2)15-19-16-25(22-13-7-6-12-20(19)22)14-8-11-18-9-4-3-5-10-18/h3-7,9-10,12-13,16,21H,8,11,14-15H2,1-2H3,(H,24,26). The highest BCUT2D eigenvalue weighted by Crippen LogP contribution is 2.23. The number of methoxy groups -OCH3 is 1. The third-order valence-corrected chi connectivity index (χ3v) is 4.87. The summed E-state index contributed by atoms with van der Waals surface area (Å²) in [5.41, 5.74) is 3.49. The monoisotopic (exact) mass is 378 g/mol. The van der Waals surface area contributed by atoms with Crippen molar-refractivity contribution in [1.82, 2.24) is 9.88 Å². The van der Waals surface area contributed by atoms with Crippen LogP contribution in [0.4, 0.5) is 0 Å². The molecule has 3 rings (SSSR count). The number of rotatable bonds is 8. The lowest BCUT2D eigenvalue weighted by molar-refractivity contribution is -0.144. The summed E-state index contributed by atoms with van der Waals surface area (Å²) in [5.74, 6) is -0.682. The van der Waals surface area contributed by atoms with Crippen molar-refractivity contribution >= 4 is 22.8 Å². The van der Waals surface area contributed by atoms with Gasteiger partial charge in [-0.2, -0.15) is 0 Å². The van der Waals surface area contributed by atoms with E-state index in [0.717, 1.165) is 35.9 Å². The van der Waals surface area contributed by atoms with Gasteiger partial charge in [0.15, 0.2) is 0 Å². The van der Waals surface area contributed by atoms with E-state index in [1.807, 2.05) is 18.2 Å². The molecule has 0 saturated carbocycles. The minimum Gasteiger partial charge on any atom is -0.467 e. The number of benzene rings is 2. The molecular formula is C23H26N2O3. The van der Waals surface area contributed by atoms with Crippen molar-refractivity contribution in [3.8, 4) is 0 Å². The van der Waals surface area contributed by atoms with Crippen molar-refractivity contribution in [2.24, 2.45) is 0 Å². The molecule has 0 spiro atoms. The first-order valence-electron chi connectivity index (χ1n) is 9.54. The van der Waals surface area contributed by atoms with Crippen molar-refractivity contribution in [3.05, 3.63) is 71.9 Å². The highest BCUT2D eigenvalue weighted by Gasteiger charge is 2.22. The second kappa shape index (κ2) is 9.22. The van der Waals surface area contributed by atoms with Crippen LogP contribution in [-0.4, -0.2) is 29.6 Å². The quantitative estimate of drug-likeness (QED) is 0.611. The summed E-state index contributed by atoms with van der Waals surface area (Å²) in [4.78, 5) is 23.6. The second-order valence-electron chi connectivity index (χ2n) is 6.93. The molecule has 5 nitrogen and oxygen atoms in total. The lowest BCUT2D eigenvalue weighted by Gasteiger charge is -2.14. The highest BCUT2D eigenvalue weighted by atomic mass is 16.5. The van der Waals surface area contributed by atoms with Gasteiger partial charge in [0.2, 0.25) is 5.91 Å². The third-order valence-electron chi connectivity index (χ3n) is 4.87. The molecule has 1 aromatic heterocycles. The van der Waals surface area contributed by atoms with Gasteiger partial charge in [-0.15, -0.1) is 0 Å². The molecule has 2 aromatic carbocycles. The number of nitrogens with zero attached hydrogens (tertiary/aromatic N) is 1. The Hall–Kier alpha value is -3.08. The van der Waals surface area contributed by atoms with Gasteiger partial charge in [-0.1, -0.05) is 48.5 Å². The fraction of sp³-hybridized carbons (Fsp3) is 0.304. The number of amides is 1. The predicted molar refractivity (Wildman–Crippen MR) is 110 cm³/mol. The zero-order valence-electron chi connectivity index (χ0n) is 16.4. The van der Waals surface area contributed by atoms with Crippen LogP contribution >= 0.6 is 0 Å². The van der Waals surface area contributed by atoms with E-state index in [9.17, 15) is 9.59 Å². The van der Waals surface area contributed by atoms with E-state index < -0.39 is 12.0 Å². The van der Waals surface area contributed by atoms with Gasteiger partial charge in [-0.25, -0.2) is 4.79 Å². The Morgan fingerprint density at radius 1 is 1.07 bits per heavy atom. The minimum absolute atomic E-state index is 0.248. The molecule has 0 aliphatic heterocycles. The number of carbonyl (C=O) groups is 2. The Kier molecular flexibility index (Phi) is 6.48. The smallest absolute Gasteiger partial charge is 0.328 e. The zero-order chi connectivity index (χ0) is 19.9. The number of para-hydroxylation sites is 1. The molecule has 1 N–H and O–H groups in total. The van der Waals surface area contributed by atoms with Crippen LogP contribution in [0, 0.1) is 0 Å². The molecule has 5 heteroatoms. The Morgan fingerprint density at radius 2 is 1.79 bits per heavy atom. The van der Waals surface area contributed by atoms with Crippen molar-refractivity contribution in [2.75, 3.05) is 7.11 Å². The number of nitrogens with one attached hydrogen (secondary N) is 1. The first kappa shape index (κ1) is 19.7.